The molecule has 0 amide bonds. The number of benzene rings is 1. The van der Waals surface area contributed by atoms with Crippen LogP contribution in [0.4, 0.5) is 5.69 Å². The predicted molar refractivity (Wildman–Crippen MR) is 126 cm³/mol. The van der Waals surface area contributed by atoms with Crippen LogP contribution in [-0.4, -0.2) is 58.4 Å². The SMILES string of the molecule is O=C(O)CC1CCC(Oc2nc3nc(-c4ccc(N5CCOCC5)cc4)c(Cl)cc3[nH]2)CC1. The number of aromatic amines is 1. The van der Waals surface area contributed by atoms with Crippen LogP contribution in [0.5, 0.6) is 6.01 Å². The van der Waals surface area contributed by atoms with Gasteiger partial charge in [-0.3, -0.25) is 4.79 Å². The first-order chi connectivity index (χ1) is 16.0. The van der Waals surface area contributed by atoms with E-state index in [1.807, 2.05) is 18.2 Å². The number of nitrogens with one attached hydrogen (secondary N) is 1. The monoisotopic (exact) mass is 470 g/mol. The Labute approximate surface area is 196 Å². The number of fused-ring (bicyclic) bond motifs is 1. The second kappa shape index (κ2) is 9.57. The van der Waals surface area contributed by atoms with Crippen LogP contribution in [0.1, 0.15) is 32.1 Å². The Morgan fingerprint density at radius 2 is 1.88 bits per heavy atom. The highest BCUT2D eigenvalue weighted by Gasteiger charge is 2.25. The summed E-state index contributed by atoms with van der Waals surface area (Å²) in [6.45, 7) is 3.28. The molecule has 0 unspecified atom stereocenters. The first-order valence-electron chi connectivity index (χ1n) is 11.4. The Balaban J connectivity index is 1.29. The van der Waals surface area contributed by atoms with Gasteiger partial charge in [0.05, 0.1) is 29.4 Å². The van der Waals surface area contributed by atoms with Crippen LogP contribution in [0.25, 0.3) is 22.4 Å². The average Bonchev–Trinajstić information content (AvgIpc) is 3.21. The van der Waals surface area contributed by atoms with Gasteiger partial charge >= 0.3 is 5.97 Å². The molecule has 0 bridgehead atoms. The highest BCUT2D eigenvalue weighted by atomic mass is 35.5. The van der Waals surface area contributed by atoms with Crippen molar-refractivity contribution < 1.29 is 19.4 Å². The molecule has 2 N–H and O–H groups in total. The van der Waals surface area contributed by atoms with Crippen LogP contribution in [-0.2, 0) is 9.53 Å². The fourth-order valence-electron chi connectivity index (χ4n) is 4.66. The second-order valence-corrected chi connectivity index (χ2v) is 9.14. The number of ether oxygens (including phenoxy) is 2. The summed E-state index contributed by atoms with van der Waals surface area (Å²) in [7, 11) is 0. The van der Waals surface area contributed by atoms with Crippen LogP contribution < -0.4 is 9.64 Å². The molecule has 1 saturated heterocycles. The van der Waals surface area contributed by atoms with Crippen LogP contribution in [0.3, 0.4) is 0 Å². The smallest absolute Gasteiger partial charge is 0.303 e. The topological polar surface area (TPSA) is 101 Å². The third-order valence-electron chi connectivity index (χ3n) is 6.46. The van der Waals surface area contributed by atoms with Gasteiger partial charge in [0.2, 0.25) is 0 Å². The summed E-state index contributed by atoms with van der Waals surface area (Å²) >= 11 is 6.56. The van der Waals surface area contributed by atoms with Gasteiger partial charge in [0.25, 0.3) is 6.01 Å². The molecule has 8 nitrogen and oxygen atoms in total. The molecular weight excluding hydrogens is 444 g/mol. The van der Waals surface area contributed by atoms with Gasteiger partial charge in [0, 0.05) is 30.8 Å². The lowest BCUT2D eigenvalue weighted by Gasteiger charge is -2.28. The van der Waals surface area contributed by atoms with Gasteiger partial charge in [0.1, 0.15) is 6.10 Å². The number of aliphatic carboxylic acids is 1. The van der Waals surface area contributed by atoms with Crippen LogP contribution >= 0.6 is 11.6 Å². The van der Waals surface area contributed by atoms with Gasteiger partial charge < -0.3 is 24.5 Å². The highest BCUT2D eigenvalue weighted by Crippen LogP contribution is 2.32. The number of hydrogen-bond acceptors (Lipinski definition) is 6. The number of aromatic nitrogens is 3. The average molecular weight is 471 g/mol. The van der Waals surface area contributed by atoms with Crippen LogP contribution in [0.15, 0.2) is 30.3 Å². The van der Waals surface area contributed by atoms with E-state index in [0.29, 0.717) is 22.4 Å². The molecule has 0 spiro atoms. The lowest BCUT2D eigenvalue weighted by atomic mass is 9.85. The van der Waals surface area contributed by atoms with Crippen molar-refractivity contribution in [1.82, 2.24) is 15.0 Å². The van der Waals surface area contributed by atoms with Crippen molar-refractivity contribution in [3.8, 4) is 17.3 Å². The summed E-state index contributed by atoms with van der Waals surface area (Å²) in [5, 5.41) is 9.52. The molecule has 0 radical (unpaired) electrons. The molecule has 9 heteroatoms. The van der Waals surface area contributed by atoms with Crippen LogP contribution in [0, 0.1) is 5.92 Å². The Kier molecular flexibility index (Phi) is 6.37. The first-order valence-corrected chi connectivity index (χ1v) is 11.8. The molecule has 3 heterocycles. The number of rotatable bonds is 6. The minimum Gasteiger partial charge on any atom is -0.481 e. The maximum absolute atomic E-state index is 10.9. The molecule has 33 heavy (non-hydrogen) atoms. The van der Waals surface area contributed by atoms with Crippen molar-refractivity contribution in [2.45, 2.75) is 38.2 Å². The van der Waals surface area contributed by atoms with E-state index in [1.165, 1.54) is 0 Å². The number of imidazole rings is 1. The van der Waals surface area contributed by atoms with Crippen molar-refractivity contribution in [1.29, 1.82) is 0 Å². The number of carboxylic acids is 1. The number of morpholine rings is 1. The van der Waals surface area contributed by atoms with Gasteiger partial charge in [0.15, 0.2) is 5.65 Å². The molecule has 174 valence electrons. The number of anilines is 1. The van der Waals surface area contributed by atoms with Gasteiger partial charge in [-0.2, -0.15) is 4.98 Å². The van der Waals surface area contributed by atoms with E-state index < -0.39 is 5.97 Å². The van der Waals surface area contributed by atoms with Crippen molar-refractivity contribution in [2.75, 3.05) is 31.2 Å². The van der Waals surface area contributed by atoms with Gasteiger partial charge in [-0.05, 0) is 49.8 Å². The van der Waals surface area contributed by atoms with Crippen molar-refractivity contribution >= 4 is 34.4 Å². The minimum absolute atomic E-state index is 0.0262. The summed E-state index contributed by atoms with van der Waals surface area (Å²) in [4.78, 5) is 25.6. The number of H-pyrrole nitrogens is 1. The summed E-state index contributed by atoms with van der Waals surface area (Å²) < 4.78 is 11.5. The van der Waals surface area contributed by atoms with Crippen molar-refractivity contribution in [3.63, 3.8) is 0 Å². The number of pyridine rings is 1. The number of carbonyl (C=O) groups is 1. The number of hydrogen-bond donors (Lipinski definition) is 2. The standard InChI is InChI=1S/C24H27ClN4O4/c25-19-14-20-23(28-24(26-20)33-18-7-1-15(2-8-18)13-21(30)31)27-22(19)16-3-5-17(6-4-16)29-9-11-32-12-10-29/h3-6,14-15,18H,1-2,7-13H2,(H,30,31)(H,26,27,28). The molecule has 1 aliphatic heterocycles. The van der Waals surface area contributed by atoms with E-state index in [2.05, 4.69) is 27.0 Å². The summed E-state index contributed by atoms with van der Waals surface area (Å²) in [6, 6.07) is 10.5. The Bertz CT molecular complexity index is 1120. The highest BCUT2D eigenvalue weighted by molar-refractivity contribution is 6.33. The largest absolute Gasteiger partial charge is 0.481 e. The lowest BCUT2D eigenvalue weighted by Crippen LogP contribution is -2.36. The van der Waals surface area contributed by atoms with E-state index in [1.54, 1.807) is 0 Å². The summed E-state index contributed by atoms with van der Waals surface area (Å²) in [5.74, 6) is -0.498. The zero-order valence-electron chi connectivity index (χ0n) is 18.3. The van der Waals surface area contributed by atoms with Gasteiger partial charge in [-0.15, -0.1) is 0 Å². The molecule has 1 saturated carbocycles. The molecular formula is C24H27ClN4O4. The molecule has 1 aromatic carbocycles. The fraction of sp³-hybridized carbons (Fsp3) is 0.458. The molecule has 3 aromatic rings. The zero-order valence-corrected chi connectivity index (χ0v) is 19.1. The summed E-state index contributed by atoms with van der Waals surface area (Å²) in [5.41, 5.74) is 4.06. The molecule has 5 rings (SSSR count). The fourth-order valence-corrected chi connectivity index (χ4v) is 4.92. The summed E-state index contributed by atoms with van der Waals surface area (Å²) in [6.07, 6.45) is 3.61. The van der Waals surface area contributed by atoms with Crippen molar-refractivity contribution in [2.24, 2.45) is 5.92 Å². The van der Waals surface area contributed by atoms with E-state index in [0.717, 1.165) is 68.8 Å². The zero-order chi connectivity index (χ0) is 22.8. The van der Waals surface area contributed by atoms with Gasteiger partial charge in [-0.25, -0.2) is 4.98 Å². The van der Waals surface area contributed by atoms with E-state index in [-0.39, 0.29) is 18.4 Å². The molecule has 2 aromatic heterocycles. The van der Waals surface area contributed by atoms with Crippen molar-refractivity contribution in [3.05, 3.63) is 35.4 Å². The second-order valence-electron chi connectivity index (χ2n) is 8.74. The Morgan fingerprint density at radius 3 is 2.58 bits per heavy atom. The third-order valence-corrected chi connectivity index (χ3v) is 6.75. The molecule has 0 atom stereocenters. The van der Waals surface area contributed by atoms with Gasteiger partial charge in [-0.1, -0.05) is 23.7 Å². The normalized spacial score (nSPS) is 21.3. The minimum atomic E-state index is -0.730. The maximum Gasteiger partial charge on any atom is 0.303 e. The quantitative estimate of drug-likeness (QED) is 0.545. The number of halogens is 1. The van der Waals surface area contributed by atoms with Crippen LogP contribution in [0.2, 0.25) is 5.02 Å². The molecule has 2 fully saturated rings. The number of nitrogens with zero attached hydrogens (tertiary/aromatic N) is 3. The maximum atomic E-state index is 10.9. The first kappa shape index (κ1) is 22.0. The predicted octanol–water partition coefficient (Wildman–Crippen LogP) is 4.53. The Hall–Kier alpha value is -2.84. The number of carboxylic acid groups (broad SMARTS) is 1. The molecule has 2 aliphatic rings. The molecule has 1 aliphatic carbocycles. The van der Waals surface area contributed by atoms with E-state index in [4.69, 9.17) is 31.2 Å². The Morgan fingerprint density at radius 1 is 1.15 bits per heavy atom. The third kappa shape index (κ3) is 5.07. The lowest BCUT2D eigenvalue weighted by molar-refractivity contribution is -0.138. The van der Waals surface area contributed by atoms with E-state index in [9.17, 15) is 4.79 Å². The van der Waals surface area contributed by atoms with E-state index >= 15 is 0 Å².